The Morgan fingerprint density at radius 1 is 1.32 bits per heavy atom. The van der Waals surface area contributed by atoms with Crippen molar-refractivity contribution in [2.75, 3.05) is 0 Å². The Morgan fingerprint density at radius 2 is 2.11 bits per heavy atom. The summed E-state index contributed by atoms with van der Waals surface area (Å²) in [5.41, 5.74) is 7.38. The Hall–Kier alpha value is -1.16. The molecule has 1 heterocycles. The molecular weight excluding hydrogens is 252 g/mol. The summed E-state index contributed by atoms with van der Waals surface area (Å²) in [6.07, 6.45) is 3.50. The standard InChI is InChI=1S/C16H20N2S/c1-11-8-15(10-19-11)16(18-17)14-7-6-12-4-2-3-5-13(12)9-14/h2-5,8,10,14,16,18H,6-7,9,17H2,1H3. The first-order valence-corrected chi connectivity index (χ1v) is 7.74. The molecule has 0 radical (unpaired) electrons. The van der Waals surface area contributed by atoms with Gasteiger partial charge in [0.25, 0.3) is 0 Å². The third-order valence-electron chi connectivity index (χ3n) is 4.15. The van der Waals surface area contributed by atoms with Crippen LogP contribution in [0.25, 0.3) is 0 Å². The summed E-state index contributed by atoms with van der Waals surface area (Å²) in [7, 11) is 0. The van der Waals surface area contributed by atoms with E-state index in [1.54, 1.807) is 11.3 Å². The number of hydrazine groups is 1. The molecular formula is C16H20N2S. The third-order valence-corrected chi connectivity index (χ3v) is 5.03. The van der Waals surface area contributed by atoms with Crippen molar-refractivity contribution in [3.63, 3.8) is 0 Å². The molecule has 2 nitrogen and oxygen atoms in total. The zero-order valence-corrected chi connectivity index (χ0v) is 12.0. The van der Waals surface area contributed by atoms with Gasteiger partial charge < -0.3 is 0 Å². The lowest BCUT2D eigenvalue weighted by molar-refractivity contribution is 0.330. The van der Waals surface area contributed by atoms with Crippen molar-refractivity contribution in [3.05, 3.63) is 57.3 Å². The van der Waals surface area contributed by atoms with Gasteiger partial charge >= 0.3 is 0 Å². The summed E-state index contributed by atoms with van der Waals surface area (Å²) in [4.78, 5) is 1.35. The minimum atomic E-state index is 0.276. The van der Waals surface area contributed by atoms with Crippen LogP contribution in [0.4, 0.5) is 0 Å². The van der Waals surface area contributed by atoms with E-state index in [-0.39, 0.29) is 6.04 Å². The molecule has 2 atom stereocenters. The number of rotatable bonds is 3. The molecule has 3 N–H and O–H groups in total. The minimum absolute atomic E-state index is 0.276. The van der Waals surface area contributed by atoms with Gasteiger partial charge in [-0.2, -0.15) is 0 Å². The molecule has 1 aliphatic rings. The molecule has 0 bridgehead atoms. The molecule has 0 spiro atoms. The van der Waals surface area contributed by atoms with Crippen molar-refractivity contribution >= 4 is 11.3 Å². The number of hydrogen-bond acceptors (Lipinski definition) is 3. The van der Waals surface area contributed by atoms with Crippen molar-refractivity contribution in [3.8, 4) is 0 Å². The lowest BCUT2D eigenvalue weighted by atomic mass is 9.78. The first-order valence-electron chi connectivity index (χ1n) is 6.86. The van der Waals surface area contributed by atoms with Crippen molar-refractivity contribution < 1.29 is 0 Å². The van der Waals surface area contributed by atoms with Crippen LogP contribution in [0.5, 0.6) is 0 Å². The molecule has 100 valence electrons. The molecule has 0 saturated heterocycles. The summed E-state index contributed by atoms with van der Waals surface area (Å²) in [5, 5.41) is 2.24. The number of hydrogen-bond donors (Lipinski definition) is 2. The molecule has 1 aliphatic carbocycles. The maximum absolute atomic E-state index is 5.82. The van der Waals surface area contributed by atoms with Gasteiger partial charge in [0.2, 0.25) is 0 Å². The second kappa shape index (κ2) is 5.45. The predicted octanol–water partition coefficient (Wildman–Crippen LogP) is 3.37. The molecule has 0 saturated carbocycles. The Labute approximate surface area is 118 Å². The van der Waals surface area contributed by atoms with E-state index in [0.29, 0.717) is 5.92 Å². The third kappa shape index (κ3) is 2.59. The molecule has 0 aliphatic heterocycles. The fraction of sp³-hybridized carbons (Fsp3) is 0.375. The van der Waals surface area contributed by atoms with Crippen LogP contribution < -0.4 is 11.3 Å². The summed E-state index contributed by atoms with van der Waals surface area (Å²) in [6, 6.07) is 11.3. The SMILES string of the molecule is Cc1cc(C(NN)C2CCc3ccccc3C2)cs1. The van der Waals surface area contributed by atoms with E-state index in [2.05, 4.69) is 48.1 Å². The van der Waals surface area contributed by atoms with E-state index in [1.807, 2.05) is 0 Å². The summed E-state index contributed by atoms with van der Waals surface area (Å²) in [6.45, 7) is 2.15. The highest BCUT2D eigenvalue weighted by Gasteiger charge is 2.27. The Kier molecular flexibility index (Phi) is 3.69. The van der Waals surface area contributed by atoms with Crippen LogP contribution in [0.3, 0.4) is 0 Å². The average Bonchev–Trinajstić information content (AvgIpc) is 2.86. The van der Waals surface area contributed by atoms with Crippen molar-refractivity contribution in [2.45, 2.75) is 32.2 Å². The lowest BCUT2D eigenvalue weighted by Crippen LogP contribution is -2.35. The average molecular weight is 272 g/mol. The number of nitrogens with one attached hydrogen (secondary N) is 1. The van der Waals surface area contributed by atoms with Gasteiger partial charge in [-0.15, -0.1) is 11.3 Å². The first-order chi connectivity index (χ1) is 9.28. The molecule has 2 aromatic rings. The molecule has 0 fully saturated rings. The number of thiophene rings is 1. The van der Waals surface area contributed by atoms with Gasteiger partial charge in [-0.3, -0.25) is 11.3 Å². The van der Waals surface area contributed by atoms with E-state index in [0.717, 1.165) is 6.42 Å². The number of benzene rings is 1. The Balaban J connectivity index is 1.83. The smallest absolute Gasteiger partial charge is 0.0499 e. The normalized spacial score (nSPS) is 20.0. The van der Waals surface area contributed by atoms with Gasteiger partial charge in [0.15, 0.2) is 0 Å². The zero-order valence-electron chi connectivity index (χ0n) is 11.2. The number of nitrogens with two attached hydrogens (primary N) is 1. The second-order valence-corrected chi connectivity index (χ2v) is 6.52. The minimum Gasteiger partial charge on any atom is -0.271 e. The Morgan fingerprint density at radius 3 is 2.79 bits per heavy atom. The number of fused-ring (bicyclic) bond motifs is 1. The van der Waals surface area contributed by atoms with Gasteiger partial charge in [-0.05, 0) is 60.2 Å². The predicted molar refractivity (Wildman–Crippen MR) is 81.1 cm³/mol. The summed E-state index contributed by atoms with van der Waals surface area (Å²) < 4.78 is 0. The molecule has 19 heavy (non-hydrogen) atoms. The van der Waals surface area contributed by atoms with Gasteiger partial charge in [0, 0.05) is 10.9 Å². The van der Waals surface area contributed by atoms with Crippen molar-refractivity contribution in [1.29, 1.82) is 0 Å². The van der Waals surface area contributed by atoms with Crippen LogP contribution in [0.2, 0.25) is 0 Å². The van der Waals surface area contributed by atoms with Crippen LogP contribution in [-0.2, 0) is 12.8 Å². The van der Waals surface area contributed by atoms with Gasteiger partial charge in [0.1, 0.15) is 0 Å². The van der Waals surface area contributed by atoms with Crippen LogP contribution in [0, 0.1) is 12.8 Å². The van der Waals surface area contributed by atoms with E-state index >= 15 is 0 Å². The molecule has 0 amide bonds. The highest BCUT2D eigenvalue weighted by atomic mass is 32.1. The van der Waals surface area contributed by atoms with Crippen LogP contribution in [-0.4, -0.2) is 0 Å². The van der Waals surface area contributed by atoms with Crippen LogP contribution in [0.1, 0.15) is 34.0 Å². The van der Waals surface area contributed by atoms with E-state index in [4.69, 9.17) is 5.84 Å². The highest BCUT2D eigenvalue weighted by molar-refractivity contribution is 7.10. The van der Waals surface area contributed by atoms with E-state index < -0.39 is 0 Å². The van der Waals surface area contributed by atoms with Crippen molar-refractivity contribution in [2.24, 2.45) is 11.8 Å². The largest absolute Gasteiger partial charge is 0.271 e. The zero-order chi connectivity index (χ0) is 13.2. The molecule has 2 unspecified atom stereocenters. The summed E-state index contributed by atoms with van der Waals surface area (Å²) >= 11 is 1.80. The van der Waals surface area contributed by atoms with E-state index in [9.17, 15) is 0 Å². The fourth-order valence-electron chi connectivity index (χ4n) is 3.14. The second-order valence-electron chi connectivity index (χ2n) is 5.41. The Bertz CT molecular complexity index is 561. The van der Waals surface area contributed by atoms with Gasteiger partial charge in [-0.1, -0.05) is 24.3 Å². The quantitative estimate of drug-likeness (QED) is 0.664. The number of aryl methyl sites for hydroxylation is 2. The fourth-order valence-corrected chi connectivity index (χ4v) is 3.88. The topological polar surface area (TPSA) is 38.0 Å². The van der Waals surface area contributed by atoms with Gasteiger partial charge in [0.05, 0.1) is 0 Å². The van der Waals surface area contributed by atoms with Gasteiger partial charge in [-0.25, -0.2) is 0 Å². The van der Waals surface area contributed by atoms with Crippen LogP contribution in [0.15, 0.2) is 35.7 Å². The summed E-state index contributed by atoms with van der Waals surface area (Å²) in [5.74, 6) is 6.41. The maximum Gasteiger partial charge on any atom is 0.0499 e. The monoisotopic (exact) mass is 272 g/mol. The molecule has 3 heteroatoms. The molecule has 1 aromatic carbocycles. The van der Waals surface area contributed by atoms with Crippen molar-refractivity contribution in [1.82, 2.24) is 5.43 Å². The van der Waals surface area contributed by atoms with E-state index in [1.165, 1.54) is 34.4 Å². The first kappa shape index (κ1) is 12.9. The highest BCUT2D eigenvalue weighted by Crippen LogP contribution is 2.35. The maximum atomic E-state index is 5.82. The van der Waals surface area contributed by atoms with Crippen LogP contribution >= 0.6 is 11.3 Å². The molecule has 1 aromatic heterocycles. The lowest BCUT2D eigenvalue weighted by Gasteiger charge is -2.31. The molecule has 3 rings (SSSR count).